The Kier molecular flexibility index (Phi) is 5.22. The van der Waals surface area contributed by atoms with Gasteiger partial charge in [0, 0.05) is 10.6 Å². The van der Waals surface area contributed by atoms with Crippen LogP contribution < -0.4 is 0 Å². The van der Waals surface area contributed by atoms with Gasteiger partial charge in [-0.2, -0.15) is 0 Å². The number of rotatable bonds is 4. The second-order valence-electron chi connectivity index (χ2n) is 5.14. The molecule has 0 atom stereocenters. The lowest BCUT2D eigenvalue weighted by molar-refractivity contribution is 0.0600. The lowest BCUT2D eigenvalue weighted by Gasteiger charge is -2.00. The molecular weight excluding hydrogens is 361 g/mol. The van der Waals surface area contributed by atoms with Crippen molar-refractivity contribution in [1.82, 2.24) is 4.98 Å². The average molecular weight is 374 g/mol. The molecule has 0 aliphatic heterocycles. The summed E-state index contributed by atoms with van der Waals surface area (Å²) in [6, 6.07) is 14.1. The summed E-state index contributed by atoms with van der Waals surface area (Å²) in [5, 5.41) is 1.00. The average Bonchev–Trinajstić information content (AvgIpc) is 3.12. The maximum atomic E-state index is 11.4. The summed E-state index contributed by atoms with van der Waals surface area (Å²) in [6.07, 6.45) is 3.31. The number of hydrogen-bond donors (Lipinski definition) is 0. The fourth-order valence-electron chi connectivity index (χ4n) is 2.17. The molecule has 1 aromatic heterocycles. The third-order valence-electron chi connectivity index (χ3n) is 3.46. The van der Waals surface area contributed by atoms with Crippen molar-refractivity contribution in [3.05, 3.63) is 76.8 Å². The van der Waals surface area contributed by atoms with Crippen LogP contribution in [0.25, 0.3) is 22.4 Å². The number of nitrogens with zero attached hydrogens (tertiary/aromatic N) is 1. The second-order valence-corrected chi connectivity index (χ2v) is 5.99. The lowest BCUT2D eigenvalue weighted by atomic mass is 10.1. The van der Waals surface area contributed by atoms with Crippen molar-refractivity contribution < 1.29 is 13.9 Å². The number of halogens is 2. The Bertz CT molecular complexity index is 913. The van der Waals surface area contributed by atoms with E-state index in [0.717, 1.165) is 11.1 Å². The Balaban J connectivity index is 1.81. The predicted molar refractivity (Wildman–Crippen MR) is 98.5 cm³/mol. The van der Waals surface area contributed by atoms with Gasteiger partial charge in [0.05, 0.1) is 18.9 Å². The normalized spacial score (nSPS) is 11.4. The summed E-state index contributed by atoms with van der Waals surface area (Å²) in [7, 11) is 1.34. The van der Waals surface area contributed by atoms with Gasteiger partial charge in [-0.25, -0.2) is 9.78 Å². The first-order chi connectivity index (χ1) is 12.1. The third-order valence-corrected chi connectivity index (χ3v) is 3.99. The van der Waals surface area contributed by atoms with Crippen LogP contribution in [0.15, 0.2) is 59.1 Å². The number of oxazole rings is 1. The van der Waals surface area contributed by atoms with Crippen LogP contribution in [0.4, 0.5) is 0 Å². The molecule has 0 spiro atoms. The lowest BCUT2D eigenvalue weighted by Crippen LogP contribution is -2.00. The number of carbonyl (C=O) groups excluding carboxylic acids is 1. The molecular formula is C19H13Cl2NO3. The number of aromatic nitrogens is 1. The van der Waals surface area contributed by atoms with E-state index in [1.165, 1.54) is 7.11 Å². The first-order valence-electron chi connectivity index (χ1n) is 7.34. The van der Waals surface area contributed by atoms with Gasteiger partial charge in [0.25, 0.3) is 0 Å². The van der Waals surface area contributed by atoms with Crippen LogP contribution in [0.1, 0.15) is 21.8 Å². The zero-order chi connectivity index (χ0) is 17.8. The second kappa shape index (κ2) is 7.55. The molecule has 0 radical (unpaired) electrons. The highest BCUT2D eigenvalue weighted by Gasteiger charge is 2.10. The molecule has 0 aliphatic carbocycles. The highest BCUT2D eigenvalue weighted by Crippen LogP contribution is 2.27. The minimum absolute atomic E-state index is 0.309. The van der Waals surface area contributed by atoms with E-state index in [9.17, 15) is 4.79 Å². The molecule has 0 bridgehead atoms. The molecule has 0 amide bonds. The SMILES string of the molecule is COC(=O)c1ccc(C=C(Cl)c2ncc(-c3ccc(Cl)cc3)o2)cc1. The number of ether oxygens (including phenoxy) is 1. The fraction of sp³-hybridized carbons (Fsp3) is 0.0526. The number of methoxy groups -OCH3 is 1. The van der Waals surface area contributed by atoms with Gasteiger partial charge in [-0.3, -0.25) is 0 Å². The molecule has 4 nitrogen and oxygen atoms in total. The summed E-state index contributed by atoms with van der Waals surface area (Å²) in [6.45, 7) is 0. The summed E-state index contributed by atoms with van der Waals surface area (Å²) in [4.78, 5) is 15.6. The van der Waals surface area contributed by atoms with Gasteiger partial charge in [0.2, 0.25) is 5.89 Å². The Hall–Kier alpha value is -2.56. The fourth-order valence-corrected chi connectivity index (χ4v) is 2.51. The molecule has 126 valence electrons. The van der Waals surface area contributed by atoms with E-state index < -0.39 is 0 Å². The largest absolute Gasteiger partial charge is 0.465 e. The van der Waals surface area contributed by atoms with Crippen molar-refractivity contribution >= 4 is 40.3 Å². The molecule has 6 heteroatoms. The van der Waals surface area contributed by atoms with E-state index in [4.69, 9.17) is 27.6 Å². The van der Waals surface area contributed by atoms with Crippen molar-refractivity contribution in [3.8, 4) is 11.3 Å². The van der Waals surface area contributed by atoms with Crippen molar-refractivity contribution in [2.45, 2.75) is 0 Å². The third kappa shape index (κ3) is 4.10. The van der Waals surface area contributed by atoms with Gasteiger partial charge in [-0.05, 0) is 48.0 Å². The van der Waals surface area contributed by atoms with E-state index in [1.54, 1.807) is 48.7 Å². The number of carbonyl (C=O) groups is 1. The molecule has 1 heterocycles. The van der Waals surface area contributed by atoms with Crippen LogP contribution in [-0.2, 0) is 4.74 Å². The van der Waals surface area contributed by atoms with Crippen LogP contribution in [-0.4, -0.2) is 18.1 Å². The van der Waals surface area contributed by atoms with E-state index >= 15 is 0 Å². The van der Waals surface area contributed by atoms with Gasteiger partial charge >= 0.3 is 5.97 Å². The van der Waals surface area contributed by atoms with E-state index in [0.29, 0.717) is 27.3 Å². The monoisotopic (exact) mass is 373 g/mol. The van der Waals surface area contributed by atoms with E-state index in [-0.39, 0.29) is 5.97 Å². The molecule has 3 aromatic rings. The maximum absolute atomic E-state index is 11.4. The molecule has 2 aromatic carbocycles. The first kappa shape index (κ1) is 17.3. The minimum atomic E-state index is -0.387. The van der Waals surface area contributed by atoms with Crippen LogP contribution >= 0.6 is 23.2 Å². The van der Waals surface area contributed by atoms with Crippen LogP contribution in [0.5, 0.6) is 0 Å². The van der Waals surface area contributed by atoms with E-state index in [2.05, 4.69) is 9.72 Å². The molecule has 25 heavy (non-hydrogen) atoms. The zero-order valence-corrected chi connectivity index (χ0v) is 14.7. The van der Waals surface area contributed by atoms with Crippen LogP contribution in [0, 0.1) is 0 Å². The molecule has 0 unspecified atom stereocenters. The summed E-state index contributed by atoms with van der Waals surface area (Å²) >= 11 is 12.2. The van der Waals surface area contributed by atoms with E-state index in [1.807, 2.05) is 12.1 Å². The Morgan fingerprint density at radius 1 is 1.12 bits per heavy atom. The smallest absolute Gasteiger partial charge is 0.337 e. The maximum Gasteiger partial charge on any atom is 0.337 e. The van der Waals surface area contributed by atoms with Gasteiger partial charge in [-0.15, -0.1) is 0 Å². The predicted octanol–water partition coefficient (Wildman–Crippen LogP) is 5.52. The molecule has 3 rings (SSSR count). The topological polar surface area (TPSA) is 52.3 Å². The highest BCUT2D eigenvalue weighted by atomic mass is 35.5. The van der Waals surface area contributed by atoms with Crippen molar-refractivity contribution in [2.75, 3.05) is 7.11 Å². The first-order valence-corrected chi connectivity index (χ1v) is 8.10. The van der Waals surface area contributed by atoms with Gasteiger partial charge in [0.15, 0.2) is 5.76 Å². The van der Waals surface area contributed by atoms with Crippen LogP contribution in [0.2, 0.25) is 5.02 Å². The van der Waals surface area contributed by atoms with Crippen molar-refractivity contribution in [1.29, 1.82) is 0 Å². The summed E-state index contributed by atoms with van der Waals surface area (Å²) in [5.74, 6) is 0.518. The van der Waals surface area contributed by atoms with Crippen molar-refractivity contribution in [3.63, 3.8) is 0 Å². The van der Waals surface area contributed by atoms with Gasteiger partial charge in [0.1, 0.15) is 5.03 Å². The van der Waals surface area contributed by atoms with Gasteiger partial charge in [-0.1, -0.05) is 35.3 Å². The number of benzene rings is 2. The molecule has 0 aliphatic rings. The Labute approximate surface area is 154 Å². The molecule has 0 fully saturated rings. The van der Waals surface area contributed by atoms with Gasteiger partial charge < -0.3 is 9.15 Å². The molecule has 0 N–H and O–H groups in total. The number of hydrogen-bond acceptors (Lipinski definition) is 4. The molecule has 0 saturated heterocycles. The van der Waals surface area contributed by atoms with Crippen LogP contribution in [0.3, 0.4) is 0 Å². The Morgan fingerprint density at radius 2 is 1.80 bits per heavy atom. The molecule has 0 saturated carbocycles. The minimum Gasteiger partial charge on any atom is -0.465 e. The van der Waals surface area contributed by atoms with Crippen molar-refractivity contribution in [2.24, 2.45) is 0 Å². The summed E-state index contributed by atoms with van der Waals surface area (Å²) < 4.78 is 10.4. The highest BCUT2D eigenvalue weighted by molar-refractivity contribution is 6.50. The quantitative estimate of drug-likeness (QED) is 0.565. The number of esters is 1. The standard InChI is InChI=1S/C19H13Cl2NO3/c1-24-19(23)14-4-2-12(3-5-14)10-16(21)18-22-11-17(25-18)13-6-8-15(20)9-7-13/h2-11H,1H3. The Morgan fingerprint density at radius 3 is 2.44 bits per heavy atom. The zero-order valence-electron chi connectivity index (χ0n) is 13.2. The summed E-state index contributed by atoms with van der Waals surface area (Å²) in [5.41, 5.74) is 2.14.